The molecule has 7 heteroatoms. The van der Waals surface area contributed by atoms with Crippen molar-refractivity contribution >= 4 is 28.8 Å². The number of thioether (sulfide) groups is 1. The molecule has 0 unspecified atom stereocenters. The number of pyridine rings is 1. The highest BCUT2D eigenvalue weighted by molar-refractivity contribution is 8.00. The lowest BCUT2D eigenvalue weighted by Gasteiger charge is -2.29. The Morgan fingerprint density at radius 2 is 2.33 bits per heavy atom. The Bertz CT molecular complexity index is 591. The van der Waals surface area contributed by atoms with Gasteiger partial charge in [0.2, 0.25) is 5.91 Å². The van der Waals surface area contributed by atoms with Crippen LogP contribution in [0.4, 0.5) is 0 Å². The summed E-state index contributed by atoms with van der Waals surface area (Å²) in [5.74, 6) is 0.166. The number of nitrogens with one attached hydrogen (secondary N) is 1. The number of carbonyl (C=O) groups excluding carboxylic acids is 1. The van der Waals surface area contributed by atoms with E-state index in [-0.39, 0.29) is 11.2 Å². The Kier molecular flexibility index (Phi) is 4.40. The lowest BCUT2D eigenvalue weighted by Crippen LogP contribution is -2.44. The van der Waals surface area contributed by atoms with Gasteiger partial charge < -0.3 is 14.6 Å². The molecule has 0 aliphatic carbocycles. The molecule has 3 heterocycles. The molecule has 1 aliphatic rings. The van der Waals surface area contributed by atoms with Crippen molar-refractivity contribution in [3.63, 3.8) is 0 Å². The van der Waals surface area contributed by atoms with Crippen LogP contribution in [-0.4, -0.2) is 57.3 Å². The first kappa shape index (κ1) is 14.3. The van der Waals surface area contributed by atoms with Gasteiger partial charge in [0.25, 0.3) is 0 Å². The maximum atomic E-state index is 12.5. The standard InChI is InChI=1S/C14H18N4O2S/c1-2-11(13(19)18-6-8-20-9-7-18)21-14-16-10-4-3-5-15-12(10)17-14/h3-5,11H,2,6-9H2,1H3,(H,15,16,17)/t11-/m0/s1. The molecule has 1 atom stereocenters. The molecular weight excluding hydrogens is 288 g/mol. The van der Waals surface area contributed by atoms with Crippen molar-refractivity contribution in [1.29, 1.82) is 0 Å². The minimum absolute atomic E-state index is 0.122. The predicted octanol–water partition coefficient (Wildman–Crippen LogP) is 1.69. The normalized spacial score (nSPS) is 17.1. The molecule has 1 saturated heterocycles. The first-order valence-corrected chi connectivity index (χ1v) is 8.00. The number of nitrogens with zero attached hydrogens (tertiary/aromatic N) is 3. The second kappa shape index (κ2) is 6.44. The first-order valence-electron chi connectivity index (χ1n) is 7.12. The number of rotatable bonds is 4. The molecule has 1 fully saturated rings. The summed E-state index contributed by atoms with van der Waals surface area (Å²) >= 11 is 1.48. The number of amides is 1. The van der Waals surface area contributed by atoms with Crippen LogP contribution in [-0.2, 0) is 9.53 Å². The van der Waals surface area contributed by atoms with Gasteiger partial charge in [0.1, 0.15) is 0 Å². The Hall–Kier alpha value is -1.60. The molecule has 3 rings (SSSR count). The Morgan fingerprint density at radius 3 is 3.05 bits per heavy atom. The zero-order chi connectivity index (χ0) is 14.7. The minimum atomic E-state index is -0.122. The van der Waals surface area contributed by atoms with Gasteiger partial charge in [-0.25, -0.2) is 9.97 Å². The number of aromatic amines is 1. The molecule has 0 spiro atoms. The van der Waals surface area contributed by atoms with E-state index in [0.29, 0.717) is 32.0 Å². The highest BCUT2D eigenvalue weighted by atomic mass is 32.2. The van der Waals surface area contributed by atoms with Gasteiger partial charge in [0, 0.05) is 19.3 Å². The maximum absolute atomic E-state index is 12.5. The predicted molar refractivity (Wildman–Crippen MR) is 81.2 cm³/mol. The largest absolute Gasteiger partial charge is 0.378 e. The van der Waals surface area contributed by atoms with Gasteiger partial charge in [-0.15, -0.1) is 0 Å². The van der Waals surface area contributed by atoms with Gasteiger partial charge in [-0.2, -0.15) is 0 Å². The van der Waals surface area contributed by atoms with E-state index in [9.17, 15) is 4.79 Å². The Morgan fingerprint density at radius 1 is 1.52 bits per heavy atom. The number of H-pyrrole nitrogens is 1. The van der Waals surface area contributed by atoms with Gasteiger partial charge in [-0.05, 0) is 18.6 Å². The molecule has 2 aromatic heterocycles. The third-order valence-electron chi connectivity index (χ3n) is 3.46. The monoisotopic (exact) mass is 306 g/mol. The number of ether oxygens (including phenoxy) is 1. The average Bonchev–Trinajstić information content (AvgIpc) is 2.95. The van der Waals surface area contributed by atoms with Gasteiger partial charge in [-0.1, -0.05) is 18.7 Å². The topological polar surface area (TPSA) is 71.1 Å². The molecule has 0 bridgehead atoms. The second-order valence-electron chi connectivity index (χ2n) is 4.87. The van der Waals surface area contributed by atoms with Crippen molar-refractivity contribution in [3.8, 4) is 0 Å². The van der Waals surface area contributed by atoms with Crippen LogP contribution >= 0.6 is 11.8 Å². The Labute approximate surface area is 127 Å². The summed E-state index contributed by atoms with van der Waals surface area (Å²) in [6.45, 7) is 4.63. The summed E-state index contributed by atoms with van der Waals surface area (Å²) in [4.78, 5) is 26.3. The number of fused-ring (bicyclic) bond motifs is 1. The number of imidazole rings is 1. The van der Waals surface area contributed by atoms with E-state index in [1.807, 2.05) is 24.0 Å². The highest BCUT2D eigenvalue weighted by Gasteiger charge is 2.26. The fraction of sp³-hybridized carbons (Fsp3) is 0.500. The maximum Gasteiger partial charge on any atom is 0.236 e. The summed E-state index contributed by atoms with van der Waals surface area (Å²) in [5.41, 5.74) is 1.59. The van der Waals surface area contributed by atoms with Gasteiger partial charge in [0.15, 0.2) is 10.8 Å². The third-order valence-corrected chi connectivity index (χ3v) is 4.69. The van der Waals surface area contributed by atoms with Crippen LogP contribution in [0.15, 0.2) is 23.5 Å². The highest BCUT2D eigenvalue weighted by Crippen LogP contribution is 2.26. The van der Waals surface area contributed by atoms with Crippen molar-refractivity contribution in [1.82, 2.24) is 19.9 Å². The zero-order valence-corrected chi connectivity index (χ0v) is 12.7. The van der Waals surface area contributed by atoms with Crippen LogP contribution in [0.3, 0.4) is 0 Å². The van der Waals surface area contributed by atoms with E-state index in [1.165, 1.54) is 11.8 Å². The van der Waals surface area contributed by atoms with Crippen LogP contribution < -0.4 is 0 Å². The zero-order valence-electron chi connectivity index (χ0n) is 11.9. The van der Waals surface area contributed by atoms with Crippen molar-refractivity contribution in [2.24, 2.45) is 0 Å². The van der Waals surface area contributed by atoms with Crippen LogP contribution in [0.25, 0.3) is 11.2 Å². The molecule has 112 valence electrons. The van der Waals surface area contributed by atoms with Gasteiger partial charge >= 0.3 is 0 Å². The first-order chi connectivity index (χ1) is 10.3. The number of hydrogen-bond acceptors (Lipinski definition) is 5. The summed E-state index contributed by atoms with van der Waals surface area (Å²) in [6.07, 6.45) is 2.49. The van der Waals surface area contributed by atoms with Crippen molar-refractivity contribution in [2.75, 3.05) is 26.3 Å². The van der Waals surface area contributed by atoms with Crippen LogP contribution in [0.2, 0.25) is 0 Å². The molecule has 1 N–H and O–H groups in total. The fourth-order valence-electron chi connectivity index (χ4n) is 2.31. The summed E-state index contributed by atoms with van der Waals surface area (Å²) in [6, 6.07) is 3.80. The average molecular weight is 306 g/mol. The summed E-state index contributed by atoms with van der Waals surface area (Å²) < 4.78 is 5.29. The molecule has 0 radical (unpaired) electrons. The van der Waals surface area contributed by atoms with E-state index in [0.717, 1.165) is 17.1 Å². The van der Waals surface area contributed by atoms with Crippen molar-refractivity contribution < 1.29 is 9.53 Å². The van der Waals surface area contributed by atoms with E-state index in [2.05, 4.69) is 15.0 Å². The quantitative estimate of drug-likeness (QED) is 0.870. The molecular formula is C14H18N4O2S. The minimum Gasteiger partial charge on any atom is -0.378 e. The molecule has 2 aromatic rings. The van der Waals surface area contributed by atoms with Crippen molar-refractivity contribution in [3.05, 3.63) is 18.3 Å². The van der Waals surface area contributed by atoms with Gasteiger partial charge in [-0.3, -0.25) is 4.79 Å². The molecule has 6 nitrogen and oxygen atoms in total. The fourth-order valence-corrected chi connectivity index (χ4v) is 3.30. The molecule has 21 heavy (non-hydrogen) atoms. The smallest absolute Gasteiger partial charge is 0.236 e. The number of hydrogen-bond donors (Lipinski definition) is 1. The Balaban J connectivity index is 1.72. The van der Waals surface area contributed by atoms with E-state index in [1.54, 1.807) is 6.20 Å². The number of carbonyl (C=O) groups is 1. The van der Waals surface area contributed by atoms with Crippen molar-refractivity contribution in [2.45, 2.75) is 23.8 Å². The number of aromatic nitrogens is 3. The molecule has 1 amide bonds. The molecule has 1 aliphatic heterocycles. The van der Waals surface area contributed by atoms with E-state index in [4.69, 9.17) is 4.74 Å². The number of morpholine rings is 1. The van der Waals surface area contributed by atoms with Crippen LogP contribution in [0.1, 0.15) is 13.3 Å². The third kappa shape index (κ3) is 3.19. The lowest BCUT2D eigenvalue weighted by atomic mass is 10.2. The lowest BCUT2D eigenvalue weighted by molar-refractivity contribution is -0.134. The van der Waals surface area contributed by atoms with E-state index >= 15 is 0 Å². The van der Waals surface area contributed by atoms with Crippen LogP contribution in [0.5, 0.6) is 0 Å². The van der Waals surface area contributed by atoms with E-state index < -0.39 is 0 Å². The van der Waals surface area contributed by atoms with Gasteiger partial charge in [0.05, 0.1) is 24.0 Å². The molecule has 0 aromatic carbocycles. The summed E-state index contributed by atoms with van der Waals surface area (Å²) in [5, 5.41) is 0.626. The van der Waals surface area contributed by atoms with Crippen LogP contribution in [0, 0.1) is 0 Å². The SMILES string of the molecule is CC[C@H](Sc1nc2ncccc2[nH]1)C(=O)N1CCOCC1. The second-order valence-corrected chi connectivity index (χ2v) is 6.06. The molecule has 0 saturated carbocycles. The summed E-state index contributed by atoms with van der Waals surface area (Å²) in [7, 11) is 0.